The van der Waals surface area contributed by atoms with Crippen LogP contribution in [0.3, 0.4) is 0 Å². The number of rotatable bonds is 6. The maximum absolute atomic E-state index is 11.4. The molecule has 0 saturated carbocycles. The Morgan fingerprint density at radius 3 is 2.36 bits per heavy atom. The zero-order chi connectivity index (χ0) is 15.8. The van der Waals surface area contributed by atoms with Crippen LogP contribution in [0.1, 0.15) is 20.3 Å². The molecular weight excluding hydrogens is 280 g/mol. The summed E-state index contributed by atoms with van der Waals surface area (Å²) in [4.78, 5) is 15.7. The van der Waals surface area contributed by atoms with E-state index in [2.05, 4.69) is 4.90 Å². The summed E-state index contributed by atoms with van der Waals surface area (Å²) in [6.07, 6.45) is 1.03. The van der Waals surface area contributed by atoms with E-state index in [0.717, 1.165) is 50.6 Å². The molecule has 1 aliphatic rings. The molecule has 1 aromatic carbocycles. The molecule has 0 atom stereocenters. The first-order chi connectivity index (χ1) is 10.7. The van der Waals surface area contributed by atoms with Crippen molar-refractivity contribution in [3.05, 3.63) is 24.3 Å². The van der Waals surface area contributed by atoms with Crippen LogP contribution < -0.4 is 9.47 Å². The molecule has 0 aliphatic carbocycles. The van der Waals surface area contributed by atoms with Gasteiger partial charge in [0.1, 0.15) is 18.1 Å². The lowest BCUT2D eigenvalue weighted by atomic mass is 10.3. The number of benzene rings is 1. The van der Waals surface area contributed by atoms with Gasteiger partial charge in [-0.1, -0.05) is 0 Å². The number of amides is 1. The molecule has 5 heteroatoms. The van der Waals surface area contributed by atoms with Crippen molar-refractivity contribution in [3.63, 3.8) is 0 Å². The normalized spacial score (nSPS) is 16.2. The van der Waals surface area contributed by atoms with Gasteiger partial charge in [0.05, 0.1) is 6.61 Å². The van der Waals surface area contributed by atoms with Crippen molar-refractivity contribution < 1.29 is 14.3 Å². The van der Waals surface area contributed by atoms with E-state index < -0.39 is 0 Å². The van der Waals surface area contributed by atoms with Gasteiger partial charge in [0.25, 0.3) is 0 Å². The van der Waals surface area contributed by atoms with Crippen LogP contribution in [0.2, 0.25) is 0 Å². The van der Waals surface area contributed by atoms with Crippen molar-refractivity contribution in [1.82, 2.24) is 9.80 Å². The zero-order valence-corrected chi connectivity index (χ0v) is 13.6. The molecule has 0 aromatic heterocycles. The number of ether oxygens (including phenoxy) is 2. The third-order valence-electron chi connectivity index (χ3n) is 3.84. The lowest BCUT2D eigenvalue weighted by Gasteiger charge is -2.21. The molecule has 22 heavy (non-hydrogen) atoms. The molecule has 1 fully saturated rings. The van der Waals surface area contributed by atoms with Crippen LogP contribution in [-0.2, 0) is 4.79 Å². The summed E-state index contributed by atoms with van der Waals surface area (Å²) in [5.41, 5.74) is 0. The number of carbonyl (C=O) groups excluding carboxylic acids is 1. The number of nitrogens with zero attached hydrogens (tertiary/aromatic N) is 2. The van der Waals surface area contributed by atoms with Gasteiger partial charge >= 0.3 is 0 Å². The van der Waals surface area contributed by atoms with Gasteiger partial charge in [0.2, 0.25) is 5.91 Å². The van der Waals surface area contributed by atoms with Crippen molar-refractivity contribution in [3.8, 4) is 11.5 Å². The van der Waals surface area contributed by atoms with E-state index in [1.165, 1.54) is 0 Å². The van der Waals surface area contributed by atoms with E-state index in [1.807, 2.05) is 36.1 Å². The molecule has 1 saturated heterocycles. The molecule has 0 N–H and O–H groups in total. The van der Waals surface area contributed by atoms with Crippen molar-refractivity contribution in [2.24, 2.45) is 0 Å². The molecule has 1 aromatic rings. The highest BCUT2D eigenvalue weighted by molar-refractivity contribution is 5.73. The van der Waals surface area contributed by atoms with Crippen molar-refractivity contribution in [2.45, 2.75) is 20.3 Å². The topological polar surface area (TPSA) is 42.0 Å². The van der Waals surface area contributed by atoms with E-state index in [0.29, 0.717) is 13.2 Å². The maximum atomic E-state index is 11.4. The van der Waals surface area contributed by atoms with Gasteiger partial charge in [-0.15, -0.1) is 0 Å². The summed E-state index contributed by atoms with van der Waals surface area (Å²) in [6.45, 7) is 9.47. The Kier molecular flexibility index (Phi) is 6.52. The van der Waals surface area contributed by atoms with Crippen LogP contribution in [0.5, 0.6) is 11.5 Å². The first-order valence-corrected chi connectivity index (χ1v) is 8.02. The summed E-state index contributed by atoms with van der Waals surface area (Å²) in [7, 11) is 0. The summed E-state index contributed by atoms with van der Waals surface area (Å²) < 4.78 is 11.2. The standard InChI is InChI=1S/C17H26N2O3/c1-3-21-16-5-7-17(8-6-16)22-14-13-18-9-4-10-19(12-11-18)15(2)20/h5-8H,3-4,9-14H2,1-2H3. The van der Waals surface area contributed by atoms with Gasteiger partial charge in [-0.3, -0.25) is 9.69 Å². The highest BCUT2D eigenvalue weighted by Gasteiger charge is 2.16. The Hall–Kier alpha value is -1.75. The average molecular weight is 306 g/mol. The fraction of sp³-hybridized carbons (Fsp3) is 0.588. The number of carbonyl (C=O) groups is 1. The minimum absolute atomic E-state index is 0.174. The van der Waals surface area contributed by atoms with Crippen molar-refractivity contribution >= 4 is 5.91 Å². The molecule has 0 spiro atoms. The quantitative estimate of drug-likeness (QED) is 0.806. The Bertz CT molecular complexity index is 461. The average Bonchev–Trinajstić information content (AvgIpc) is 2.75. The van der Waals surface area contributed by atoms with Crippen LogP contribution in [0.25, 0.3) is 0 Å². The SMILES string of the molecule is CCOc1ccc(OCCN2CCCN(C(C)=O)CC2)cc1. The third-order valence-corrected chi connectivity index (χ3v) is 3.84. The minimum Gasteiger partial charge on any atom is -0.494 e. The van der Waals surface area contributed by atoms with Gasteiger partial charge in [-0.25, -0.2) is 0 Å². The van der Waals surface area contributed by atoms with Gasteiger partial charge in [0, 0.05) is 39.6 Å². The molecule has 0 bridgehead atoms. The van der Waals surface area contributed by atoms with E-state index in [9.17, 15) is 4.79 Å². The molecule has 0 unspecified atom stereocenters. The van der Waals surface area contributed by atoms with Crippen LogP contribution in [-0.4, -0.2) is 61.6 Å². The fourth-order valence-electron chi connectivity index (χ4n) is 2.60. The van der Waals surface area contributed by atoms with Crippen LogP contribution in [0, 0.1) is 0 Å². The predicted molar refractivity (Wildman–Crippen MR) is 86.4 cm³/mol. The monoisotopic (exact) mass is 306 g/mol. The smallest absolute Gasteiger partial charge is 0.219 e. The predicted octanol–water partition coefficient (Wildman–Crippen LogP) is 2.02. The first-order valence-electron chi connectivity index (χ1n) is 8.02. The highest BCUT2D eigenvalue weighted by Crippen LogP contribution is 2.17. The van der Waals surface area contributed by atoms with E-state index in [4.69, 9.17) is 9.47 Å². The third kappa shape index (κ3) is 5.22. The fourth-order valence-corrected chi connectivity index (χ4v) is 2.60. The van der Waals surface area contributed by atoms with Crippen molar-refractivity contribution in [1.29, 1.82) is 0 Å². The lowest BCUT2D eigenvalue weighted by molar-refractivity contribution is -0.128. The molecule has 1 amide bonds. The Morgan fingerprint density at radius 1 is 1.05 bits per heavy atom. The largest absolute Gasteiger partial charge is 0.494 e. The van der Waals surface area contributed by atoms with Gasteiger partial charge in [-0.2, -0.15) is 0 Å². The lowest BCUT2D eigenvalue weighted by Crippen LogP contribution is -2.35. The molecular formula is C17H26N2O3. The van der Waals surface area contributed by atoms with E-state index in [1.54, 1.807) is 6.92 Å². The second-order valence-electron chi connectivity index (χ2n) is 5.45. The Balaban J connectivity index is 1.70. The van der Waals surface area contributed by atoms with Crippen LogP contribution in [0.15, 0.2) is 24.3 Å². The van der Waals surface area contributed by atoms with Gasteiger partial charge < -0.3 is 14.4 Å². The van der Waals surface area contributed by atoms with Gasteiger partial charge in [0.15, 0.2) is 0 Å². The maximum Gasteiger partial charge on any atom is 0.219 e. The van der Waals surface area contributed by atoms with Gasteiger partial charge in [-0.05, 0) is 37.6 Å². The minimum atomic E-state index is 0.174. The number of hydrogen-bond donors (Lipinski definition) is 0. The molecule has 0 radical (unpaired) electrons. The summed E-state index contributed by atoms with van der Waals surface area (Å²) in [5, 5.41) is 0. The highest BCUT2D eigenvalue weighted by atomic mass is 16.5. The van der Waals surface area contributed by atoms with E-state index >= 15 is 0 Å². The van der Waals surface area contributed by atoms with Crippen LogP contribution in [0.4, 0.5) is 0 Å². The molecule has 5 nitrogen and oxygen atoms in total. The zero-order valence-electron chi connectivity index (χ0n) is 13.6. The second-order valence-corrected chi connectivity index (χ2v) is 5.45. The second kappa shape index (κ2) is 8.63. The summed E-state index contributed by atoms with van der Waals surface area (Å²) >= 11 is 0. The summed E-state index contributed by atoms with van der Waals surface area (Å²) in [5.74, 6) is 1.91. The molecule has 1 heterocycles. The van der Waals surface area contributed by atoms with E-state index in [-0.39, 0.29) is 5.91 Å². The Morgan fingerprint density at radius 2 is 1.73 bits per heavy atom. The van der Waals surface area contributed by atoms with Crippen molar-refractivity contribution in [2.75, 3.05) is 45.9 Å². The Labute approximate surface area is 132 Å². The first kappa shape index (κ1) is 16.6. The van der Waals surface area contributed by atoms with Crippen LogP contribution >= 0.6 is 0 Å². The number of hydrogen-bond acceptors (Lipinski definition) is 4. The molecule has 2 rings (SSSR count). The molecule has 1 aliphatic heterocycles. The summed E-state index contributed by atoms with van der Waals surface area (Å²) in [6, 6.07) is 7.72. The molecule has 122 valence electrons.